The predicted molar refractivity (Wildman–Crippen MR) is 88.7 cm³/mol. The fourth-order valence-electron chi connectivity index (χ4n) is 2.31. The van der Waals surface area contributed by atoms with E-state index in [1.807, 2.05) is 37.3 Å². The first-order valence-corrected chi connectivity index (χ1v) is 7.32. The van der Waals surface area contributed by atoms with Crippen LogP contribution in [-0.2, 0) is 0 Å². The normalized spacial score (nSPS) is 11.5. The van der Waals surface area contributed by atoms with Crippen LogP contribution in [0.2, 0.25) is 0 Å². The molecular weight excluding hydrogens is 288 g/mol. The van der Waals surface area contributed by atoms with Crippen LogP contribution in [0.3, 0.4) is 0 Å². The van der Waals surface area contributed by atoms with Crippen LogP contribution in [0.25, 0.3) is 0 Å². The Balaban J connectivity index is 2.02. The molecule has 0 radical (unpaired) electrons. The maximum absolute atomic E-state index is 12.5. The minimum absolute atomic E-state index is 0.0202. The van der Waals surface area contributed by atoms with Gasteiger partial charge in [0.2, 0.25) is 6.79 Å². The molecule has 0 fully saturated rings. The van der Waals surface area contributed by atoms with Crippen molar-refractivity contribution in [1.29, 1.82) is 0 Å². The minimum atomic E-state index is -0.0202. The molecule has 0 N–H and O–H groups in total. The van der Waals surface area contributed by atoms with Gasteiger partial charge in [-0.15, -0.1) is 0 Å². The number of ketones is 1. The van der Waals surface area contributed by atoms with E-state index in [0.717, 1.165) is 11.1 Å². The van der Waals surface area contributed by atoms with Gasteiger partial charge in [0.25, 0.3) is 0 Å². The third kappa shape index (κ3) is 3.44. The van der Waals surface area contributed by atoms with Gasteiger partial charge in [-0.2, -0.15) is 0 Å². The first-order valence-electron chi connectivity index (χ1n) is 7.32. The summed E-state index contributed by atoms with van der Waals surface area (Å²) < 4.78 is 10.8. The molecule has 1 aliphatic rings. The van der Waals surface area contributed by atoms with Gasteiger partial charge in [-0.05, 0) is 25.1 Å². The molecule has 2 aromatic rings. The molecule has 0 saturated carbocycles. The highest BCUT2D eigenvalue weighted by Gasteiger charge is 2.20. The number of allylic oxidation sites excluding steroid dienone is 1. The largest absolute Gasteiger partial charge is 0.454 e. The van der Waals surface area contributed by atoms with Gasteiger partial charge in [0.05, 0.1) is 0 Å². The Kier molecular flexibility index (Phi) is 4.16. The van der Waals surface area contributed by atoms with Crippen molar-refractivity contribution in [2.24, 2.45) is 0 Å². The fraction of sp³-hybridized carbons (Fsp3) is 0.150. The topological polar surface area (TPSA) is 35.5 Å². The van der Waals surface area contributed by atoms with Crippen molar-refractivity contribution >= 4 is 5.78 Å². The standard InChI is InChI=1S/C20H16O3/c1-14(2)10-18(21)17-12-20-19(22-13-23-20)11-16(17)9-8-15-6-4-3-5-7-15/h3-7,11-12H,1,10,13H2,2H3. The molecule has 0 unspecified atom stereocenters. The number of rotatable bonds is 3. The van der Waals surface area contributed by atoms with Gasteiger partial charge in [-0.1, -0.05) is 42.2 Å². The number of carbonyl (C=O) groups excluding carboxylic acids is 1. The molecule has 0 spiro atoms. The van der Waals surface area contributed by atoms with Gasteiger partial charge < -0.3 is 9.47 Å². The van der Waals surface area contributed by atoms with Crippen LogP contribution >= 0.6 is 0 Å². The molecule has 3 rings (SSSR count). The molecule has 1 aliphatic heterocycles. The van der Waals surface area contributed by atoms with Crippen LogP contribution in [0.4, 0.5) is 0 Å². The summed E-state index contributed by atoms with van der Waals surface area (Å²) in [4.78, 5) is 12.5. The van der Waals surface area contributed by atoms with E-state index >= 15 is 0 Å². The summed E-state index contributed by atoms with van der Waals surface area (Å²) in [6, 6.07) is 13.1. The van der Waals surface area contributed by atoms with E-state index < -0.39 is 0 Å². The summed E-state index contributed by atoms with van der Waals surface area (Å²) in [5.74, 6) is 7.34. The number of fused-ring (bicyclic) bond motifs is 1. The Morgan fingerprint density at radius 2 is 1.83 bits per heavy atom. The van der Waals surface area contributed by atoms with Crippen molar-refractivity contribution in [3.05, 3.63) is 71.3 Å². The van der Waals surface area contributed by atoms with Crippen LogP contribution < -0.4 is 9.47 Å². The van der Waals surface area contributed by atoms with Crippen molar-refractivity contribution < 1.29 is 14.3 Å². The Labute approximate surface area is 135 Å². The molecule has 0 atom stereocenters. The number of hydrogen-bond acceptors (Lipinski definition) is 3. The van der Waals surface area contributed by atoms with Crippen LogP contribution in [0.15, 0.2) is 54.6 Å². The van der Waals surface area contributed by atoms with Crippen LogP contribution in [0.5, 0.6) is 11.5 Å². The average Bonchev–Trinajstić information content (AvgIpc) is 2.99. The SMILES string of the molecule is C=C(C)CC(=O)c1cc2c(cc1C#Cc1ccccc1)OCO2. The number of carbonyl (C=O) groups is 1. The first kappa shape index (κ1) is 14.9. The lowest BCUT2D eigenvalue weighted by atomic mass is 9.98. The van der Waals surface area contributed by atoms with Gasteiger partial charge in [-0.3, -0.25) is 4.79 Å². The third-order valence-corrected chi connectivity index (χ3v) is 3.39. The van der Waals surface area contributed by atoms with Crippen molar-refractivity contribution in [3.63, 3.8) is 0 Å². The Bertz CT molecular complexity index is 823. The molecule has 0 saturated heterocycles. The summed E-state index contributed by atoms with van der Waals surface area (Å²) >= 11 is 0. The van der Waals surface area contributed by atoms with E-state index in [2.05, 4.69) is 18.4 Å². The quantitative estimate of drug-likeness (QED) is 0.489. The maximum Gasteiger partial charge on any atom is 0.231 e. The second-order valence-corrected chi connectivity index (χ2v) is 5.42. The molecule has 3 nitrogen and oxygen atoms in total. The summed E-state index contributed by atoms with van der Waals surface area (Å²) in [6.45, 7) is 5.80. The van der Waals surface area contributed by atoms with E-state index in [9.17, 15) is 4.79 Å². The van der Waals surface area contributed by atoms with E-state index in [0.29, 0.717) is 29.0 Å². The molecule has 114 valence electrons. The van der Waals surface area contributed by atoms with Crippen molar-refractivity contribution in [1.82, 2.24) is 0 Å². The van der Waals surface area contributed by atoms with E-state index in [1.165, 1.54) is 0 Å². The number of benzene rings is 2. The molecule has 0 aromatic heterocycles. The van der Waals surface area contributed by atoms with Gasteiger partial charge in [0.1, 0.15) is 0 Å². The number of Topliss-reactive ketones (excluding diaryl/α,β-unsaturated/α-hetero) is 1. The average molecular weight is 304 g/mol. The summed E-state index contributed by atoms with van der Waals surface area (Å²) in [6.07, 6.45) is 0.291. The Morgan fingerprint density at radius 3 is 2.52 bits per heavy atom. The summed E-state index contributed by atoms with van der Waals surface area (Å²) in [5.41, 5.74) is 2.89. The highest BCUT2D eigenvalue weighted by Crippen LogP contribution is 2.35. The molecular formula is C20H16O3. The molecule has 23 heavy (non-hydrogen) atoms. The van der Waals surface area contributed by atoms with Crippen molar-refractivity contribution in [3.8, 4) is 23.3 Å². The van der Waals surface area contributed by atoms with Crippen molar-refractivity contribution in [2.45, 2.75) is 13.3 Å². The van der Waals surface area contributed by atoms with Crippen LogP contribution in [0, 0.1) is 11.8 Å². The van der Waals surface area contributed by atoms with Crippen LogP contribution in [-0.4, -0.2) is 12.6 Å². The monoisotopic (exact) mass is 304 g/mol. The Hall–Kier alpha value is -2.99. The smallest absolute Gasteiger partial charge is 0.231 e. The molecule has 3 heteroatoms. The summed E-state index contributed by atoms with van der Waals surface area (Å²) in [7, 11) is 0. The van der Waals surface area contributed by atoms with E-state index in [-0.39, 0.29) is 12.6 Å². The van der Waals surface area contributed by atoms with E-state index in [4.69, 9.17) is 9.47 Å². The molecule has 2 aromatic carbocycles. The van der Waals surface area contributed by atoms with Gasteiger partial charge in [0, 0.05) is 29.2 Å². The molecule has 0 aliphatic carbocycles. The predicted octanol–water partition coefficient (Wildman–Crippen LogP) is 3.96. The van der Waals surface area contributed by atoms with Gasteiger partial charge in [0.15, 0.2) is 17.3 Å². The molecule has 0 bridgehead atoms. The van der Waals surface area contributed by atoms with Gasteiger partial charge >= 0.3 is 0 Å². The lowest BCUT2D eigenvalue weighted by Crippen LogP contribution is -2.02. The fourth-order valence-corrected chi connectivity index (χ4v) is 2.31. The molecule has 1 heterocycles. The summed E-state index contributed by atoms with van der Waals surface area (Å²) in [5, 5.41) is 0. The highest BCUT2D eigenvalue weighted by atomic mass is 16.7. The highest BCUT2D eigenvalue weighted by molar-refractivity contribution is 6.00. The van der Waals surface area contributed by atoms with Crippen molar-refractivity contribution in [2.75, 3.05) is 6.79 Å². The minimum Gasteiger partial charge on any atom is -0.454 e. The zero-order valence-corrected chi connectivity index (χ0v) is 12.9. The zero-order valence-electron chi connectivity index (χ0n) is 12.9. The number of hydrogen-bond donors (Lipinski definition) is 0. The van der Waals surface area contributed by atoms with Crippen LogP contribution in [0.1, 0.15) is 34.8 Å². The third-order valence-electron chi connectivity index (χ3n) is 3.39. The maximum atomic E-state index is 12.5. The lowest BCUT2D eigenvalue weighted by molar-refractivity contribution is 0.0992. The number of ether oxygens (including phenoxy) is 2. The zero-order chi connectivity index (χ0) is 16.2. The first-order chi connectivity index (χ1) is 11.1. The second kappa shape index (κ2) is 6.41. The Morgan fingerprint density at radius 1 is 1.13 bits per heavy atom. The lowest BCUT2D eigenvalue weighted by Gasteiger charge is -2.06. The molecule has 0 amide bonds. The van der Waals surface area contributed by atoms with E-state index in [1.54, 1.807) is 12.1 Å². The second-order valence-electron chi connectivity index (χ2n) is 5.42. The van der Waals surface area contributed by atoms with Gasteiger partial charge in [-0.25, -0.2) is 0 Å².